The number of hydrogen-bond donors (Lipinski definition) is 1. The van der Waals surface area contributed by atoms with Crippen molar-refractivity contribution in [3.63, 3.8) is 0 Å². The summed E-state index contributed by atoms with van der Waals surface area (Å²) < 4.78 is 0. The minimum absolute atomic E-state index is 0.721. The minimum Gasteiger partial charge on any atom is -0.313 e. The first kappa shape index (κ1) is 10.5. The van der Waals surface area contributed by atoms with Gasteiger partial charge in [0.15, 0.2) is 0 Å². The summed E-state index contributed by atoms with van der Waals surface area (Å²) in [5.41, 5.74) is 1.38. The molecule has 2 nitrogen and oxygen atoms in total. The first-order valence-electron chi connectivity index (χ1n) is 6.18. The van der Waals surface area contributed by atoms with E-state index in [2.05, 4.69) is 11.9 Å². The van der Waals surface area contributed by atoms with Gasteiger partial charge in [-0.1, -0.05) is 6.08 Å². The van der Waals surface area contributed by atoms with Crippen LogP contribution in [0.1, 0.15) is 28.4 Å². The monoisotopic (exact) mass is 234 g/mol. The van der Waals surface area contributed by atoms with Crippen LogP contribution in [0, 0.1) is 5.92 Å². The van der Waals surface area contributed by atoms with Gasteiger partial charge in [0.2, 0.25) is 0 Å². The number of nitrogens with one attached hydrogen (secondary N) is 1. The quantitative estimate of drug-likeness (QED) is 0.795. The van der Waals surface area contributed by atoms with Crippen LogP contribution >= 0.6 is 11.3 Å². The van der Waals surface area contributed by atoms with Crippen LogP contribution in [0.2, 0.25) is 0 Å². The van der Waals surface area contributed by atoms with Crippen LogP contribution in [-0.4, -0.2) is 17.6 Å². The maximum absolute atomic E-state index is 4.75. The van der Waals surface area contributed by atoms with Gasteiger partial charge in [-0.3, -0.25) is 0 Å². The highest BCUT2D eigenvalue weighted by Gasteiger charge is 2.32. The van der Waals surface area contributed by atoms with Gasteiger partial charge in [-0.15, -0.1) is 17.9 Å². The van der Waals surface area contributed by atoms with Crippen molar-refractivity contribution in [2.24, 2.45) is 5.92 Å². The van der Waals surface area contributed by atoms with E-state index >= 15 is 0 Å². The molecule has 2 unspecified atom stereocenters. The molecule has 0 radical (unpaired) electrons. The molecule has 1 N–H and O–H groups in total. The molecule has 3 heteroatoms. The Morgan fingerprint density at radius 3 is 3.31 bits per heavy atom. The first-order chi connectivity index (χ1) is 7.86. The van der Waals surface area contributed by atoms with Crippen molar-refractivity contribution < 1.29 is 0 Å². The van der Waals surface area contributed by atoms with Gasteiger partial charge in [0.1, 0.15) is 0 Å². The maximum atomic E-state index is 4.75. The lowest BCUT2D eigenvalue weighted by Crippen LogP contribution is -2.45. The molecule has 0 aromatic carbocycles. The van der Waals surface area contributed by atoms with Crippen molar-refractivity contribution in [2.75, 3.05) is 6.54 Å². The fraction of sp³-hybridized carbons (Fsp3) is 0.615. The summed E-state index contributed by atoms with van der Waals surface area (Å²) in [5, 5.41) is 4.91. The van der Waals surface area contributed by atoms with Crippen LogP contribution < -0.4 is 5.32 Å². The van der Waals surface area contributed by atoms with Gasteiger partial charge in [-0.2, -0.15) is 0 Å². The summed E-state index contributed by atoms with van der Waals surface area (Å²) >= 11 is 1.89. The third kappa shape index (κ3) is 1.82. The van der Waals surface area contributed by atoms with Gasteiger partial charge in [0.25, 0.3) is 0 Å². The molecule has 2 heterocycles. The predicted octanol–water partition coefficient (Wildman–Crippen LogP) is 2.34. The normalized spacial score (nSPS) is 28.2. The van der Waals surface area contributed by atoms with Crippen LogP contribution in [0.3, 0.4) is 0 Å². The Kier molecular flexibility index (Phi) is 2.82. The number of rotatable bonds is 2. The van der Waals surface area contributed by atoms with E-state index in [0.29, 0.717) is 0 Å². The summed E-state index contributed by atoms with van der Waals surface area (Å²) in [6.07, 6.45) is 8.00. The molecule has 1 saturated heterocycles. The maximum Gasteiger partial charge on any atom is 0.0968 e. The molecular formula is C13H18N2S. The molecule has 1 aromatic rings. The van der Waals surface area contributed by atoms with Crippen LogP contribution in [0.15, 0.2) is 12.7 Å². The number of hydrogen-bond acceptors (Lipinski definition) is 3. The Labute approximate surface area is 101 Å². The van der Waals surface area contributed by atoms with Crippen molar-refractivity contribution in [3.05, 3.63) is 28.2 Å². The topological polar surface area (TPSA) is 24.9 Å². The van der Waals surface area contributed by atoms with Gasteiger partial charge in [-0.25, -0.2) is 4.98 Å². The van der Waals surface area contributed by atoms with E-state index < -0.39 is 0 Å². The highest BCUT2D eigenvalue weighted by molar-refractivity contribution is 7.11. The lowest BCUT2D eigenvalue weighted by molar-refractivity contribution is 0.263. The van der Waals surface area contributed by atoms with Crippen molar-refractivity contribution in [3.8, 4) is 0 Å². The molecule has 0 saturated carbocycles. The fourth-order valence-corrected chi connectivity index (χ4v) is 4.07. The van der Waals surface area contributed by atoms with E-state index in [9.17, 15) is 0 Å². The molecule has 0 spiro atoms. The minimum atomic E-state index is 0.721. The van der Waals surface area contributed by atoms with Crippen molar-refractivity contribution in [1.29, 1.82) is 0 Å². The molecule has 1 fully saturated rings. The summed E-state index contributed by atoms with van der Waals surface area (Å²) in [6, 6.07) is 0.721. The largest absolute Gasteiger partial charge is 0.313 e. The van der Waals surface area contributed by atoms with Gasteiger partial charge in [0, 0.05) is 17.3 Å². The van der Waals surface area contributed by atoms with Crippen molar-refractivity contribution >= 4 is 11.3 Å². The molecular weight excluding hydrogens is 216 g/mol. The number of aromatic nitrogens is 1. The summed E-state index contributed by atoms with van der Waals surface area (Å²) in [5.74, 6) is 0.833. The molecule has 0 bridgehead atoms. The molecule has 1 aromatic heterocycles. The Morgan fingerprint density at radius 2 is 2.44 bits per heavy atom. The highest BCUT2D eigenvalue weighted by Crippen LogP contribution is 2.33. The smallest absolute Gasteiger partial charge is 0.0968 e. The average Bonchev–Trinajstić information content (AvgIpc) is 2.67. The van der Waals surface area contributed by atoms with E-state index in [-0.39, 0.29) is 0 Å². The van der Waals surface area contributed by atoms with Gasteiger partial charge in [-0.05, 0) is 38.1 Å². The van der Waals surface area contributed by atoms with E-state index in [4.69, 9.17) is 4.98 Å². The zero-order chi connectivity index (χ0) is 11.0. The van der Waals surface area contributed by atoms with Crippen LogP contribution in [0.5, 0.6) is 0 Å². The number of nitrogens with zero attached hydrogens (tertiary/aromatic N) is 1. The lowest BCUT2D eigenvalue weighted by atomic mass is 9.81. The second kappa shape index (κ2) is 4.30. The Bertz CT molecular complexity index is 365. The lowest BCUT2D eigenvalue weighted by Gasteiger charge is -2.35. The average molecular weight is 234 g/mol. The number of piperidine rings is 1. The summed E-state index contributed by atoms with van der Waals surface area (Å²) in [7, 11) is 0. The summed E-state index contributed by atoms with van der Waals surface area (Å²) in [6.45, 7) is 4.99. The number of fused-ring (bicyclic) bond motifs is 2. The van der Waals surface area contributed by atoms with Crippen molar-refractivity contribution in [1.82, 2.24) is 10.3 Å². The molecule has 2 aliphatic rings. The highest BCUT2D eigenvalue weighted by atomic mass is 32.1. The molecule has 2 atom stereocenters. The van der Waals surface area contributed by atoms with Crippen LogP contribution in [-0.2, 0) is 19.3 Å². The van der Waals surface area contributed by atoms with E-state index in [1.165, 1.54) is 47.8 Å². The van der Waals surface area contributed by atoms with Crippen molar-refractivity contribution in [2.45, 2.75) is 38.1 Å². The molecule has 1 aliphatic heterocycles. The molecule has 86 valence electrons. The molecule has 16 heavy (non-hydrogen) atoms. The number of thiazole rings is 1. The number of allylic oxidation sites excluding steroid dienone is 1. The third-order valence-corrected chi connectivity index (χ3v) is 4.87. The predicted molar refractivity (Wildman–Crippen MR) is 67.9 cm³/mol. The first-order valence-corrected chi connectivity index (χ1v) is 7.00. The van der Waals surface area contributed by atoms with E-state index in [0.717, 1.165) is 18.4 Å². The van der Waals surface area contributed by atoms with E-state index in [1.807, 2.05) is 17.4 Å². The SMILES string of the molecule is C=CCc1nc2c(s1)CC1NCCCC1C2. The second-order valence-electron chi connectivity index (χ2n) is 4.84. The molecule has 3 rings (SSSR count). The molecule has 0 amide bonds. The fourth-order valence-electron chi connectivity index (χ4n) is 2.92. The summed E-state index contributed by atoms with van der Waals surface area (Å²) in [4.78, 5) is 6.27. The van der Waals surface area contributed by atoms with Gasteiger partial charge >= 0.3 is 0 Å². The van der Waals surface area contributed by atoms with Crippen LogP contribution in [0.4, 0.5) is 0 Å². The second-order valence-corrected chi connectivity index (χ2v) is 6.01. The zero-order valence-corrected chi connectivity index (χ0v) is 10.4. The standard InChI is InChI=1S/C13H18N2S/c1-2-4-13-15-11-7-9-5-3-6-14-10(9)8-12(11)16-13/h2,9-10,14H,1,3-8H2. The van der Waals surface area contributed by atoms with E-state index in [1.54, 1.807) is 0 Å². The Hall–Kier alpha value is -0.670. The Balaban J connectivity index is 1.84. The Morgan fingerprint density at radius 1 is 1.50 bits per heavy atom. The zero-order valence-electron chi connectivity index (χ0n) is 9.54. The molecule has 1 aliphatic carbocycles. The van der Waals surface area contributed by atoms with Gasteiger partial charge < -0.3 is 5.32 Å². The third-order valence-electron chi connectivity index (χ3n) is 3.73. The van der Waals surface area contributed by atoms with Gasteiger partial charge in [0.05, 0.1) is 10.7 Å². The van der Waals surface area contributed by atoms with Crippen LogP contribution in [0.25, 0.3) is 0 Å².